The zero-order valence-electron chi connectivity index (χ0n) is 10.4. The average molecular weight is 252 g/mol. The molecule has 1 rings (SSSR count). The van der Waals surface area contributed by atoms with E-state index in [4.69, 9.17) is 10.5 Å². The van der Waals surface area contributed by atoms with Crippen molar-refractivity contribution in [1.29, 1.82) is 0 Å². The minimum Gasteiger partial charge on any atom is -0.466 e. The van der Waals surface area contributed by atoms with E-state index in [2.05, 4.69) is 0 Å². The van der Waals surface area contributed by atoms with Gasteiger partial charge in [0.25, 0.3) is 5.69 Å². The van der Waals surface area contributed by atoms with Gasteiger partial charge in [-0.3, -0.25) is 14.9 Å². The van der Waals surface area contributed by atoms with Gasteiger partial charge in [-0.1, -0.05) is 19.1 Å². The van der Waals surface area contributed by atoms with Crippen LogP contribution in [0, 0.1) is 10.1 Å². The number of nitrogen functional groups attached to an aromatic ring is 1. The van der Waals surface area contributed by atoms with E-state index in [-0.39, 0.29) is 18.0 Å². The fraction of sp³-hybridized carbons (Fsp3) is 0.417. The molecule has 0 fully saturated rings. The first-order valence-electron chi connectivity index (χ1n) is 5.72. The van der Waals surface area contributed by atoms with E-state index >= 15 is 0 Å². The first kappa shape index (κ1) is 14.0. The maximum atomic E-state index is 11.8. The second-order valence-corrected chi connectivity index (χ2v) is 3.75. The van der Waals surface area contributed by atoms with E-state index in [0.29, 0.717) is 12.0 Å². The average Bonchev–Trinajstić information content (AvgIpc) is 2.32. The van der Waals surface area contributed by atoms with Crippen molar-refractivity contribution in [2.24, 2.45) is 0 Å². The van der Waals surface area contributed by atoms with E-state index in [1.165, 1.54) is 12.1 Å². The minimum atomic E-state index is -0.565. The zero-order chi connectivity index (χ0) is 13.7. The number of anilines is 1. The molecule has 1 unspecified atom stereocenters. The van der Waals surface area contributed by atoms with Gasteiger partial charge >= 0.3 is 5.97 Å². The molecule has 0 aliphatic heterocycles. The molecular formula is C12H16N2O4. The normalized spacial score (nSPS) is 11.9. The minimum absolute atomic E-state index is 0.0300. The van der Waals surface area contributed by atoms with Gasteiger partial charge in [0.1, 0.15) is 5.69 Å². The molecule has 0 saturated heterocycles. The Morgan fingerprint density at radius 2 is 2.17 bits per heavy atom. The standard InChI is InChI=1S/C12H16N2O4/c1-3-8(12(15)18-4-2)9-6-5-7-10(11(9)13)14(16)17/h5-8H,3-4,13H2,1-2H3. The lowest BCUT2D eigenvalue weighted by molar-refractivity contribution is -0.383. The Morgan fingerprint density at radius 3 is 2.67 bits per heavy atom. The monoisotopic (exact) mass is 252 g/mol. The number of carbonyl (C=O) groups excluding carboxylic acids is 1. The molecule has 0 amide bonds. The van der Waals surface area contributed by atoms with Crippen LogP contribution in [0.5, 0.6) is 0 Å². The second kappa shape index (κ2) is 6.00. The molecule has 0 aromatic heterocycles. The van der Waals surface area contributed by atoms with Gasteiger partial charge in [-0.25, -0.2) is 0 Å². The van der Waals surface area contributed by atoms with Crippen molar-refractivity contribution in [3.8, 4) is 0 Å². The number of nitro benzene ring substituents is 1. The highest BCUT2D eigenvalue weighted by Gasteiger charge is 2.25. The molecule has 0 aliphatic carbocycles. The molecule has 0 heterocycles. The molecule has 0 saturated carbocycles. The summed E-state index contributed by atoms with van der Waals surface area (Å²) >= 11 is 0. The number of para-hydroxylation sites is 1. The third kappa shape index (κ3) is 2.77. The third-order valence-corrected chi connectivity index (χ3v) is 2.67. The number of esters is 1. The third-order valence-electron chi connectivity index (χ3n) is 2.67. The largest absolute Gasteiger partial charge is 0.466 e. The van der Waals surface area contributed by atoms with E-state index in [1.54, 1.807) is 19.9 Å². The van der Waals surface area contributed by atoms with Crippen LogP contribution in [0.3, 0.4) is 0 Å². The van der Waals surface area contributed by atoms with Crippen molar-refractivity contribution in [2.45, 2.75) is 26.2 Å². The first-order valence-corrected chi connectivity index (χ1v) is 5.72. The number of ether oxygens (including phenoxy) is 1. The summed E-state index contributed by atoms with van der Waals surface area (Å²) in [6.07, 6.45) is 0.476. The molecule has 98 valence electrons. The summed E-state index contributed by atoms with van der Waals surface area (Å²) in [4.78, 5) is 22.0. The van der Waals surface area contributed by atoms with Crippen LogP contribution in [0.4, 0.5) is 11.4 Å². The highest BCUT2D eigenvalue weighted by atomic mass is 16.6. The Balaban J connectivity index is 3.18. The number of nitrogens with two attached hydrogens (primary N) is 1. The van der Waals surface area contributed by atoms with Gasteiger partial charge in [0.15, 0.2) is 0 Å². The molecule has 0 aliphatic rings. The number of nitrogens with zero attached hydrogens (tertiary/aromatic N) is 1. The molecule has 1 aromatic carbocycles. The molecule has 6 heteroatoms. The number of rotatable bonds is 5. The molecule has 0 radical (unpaired) electrons. The van der Waals surface area contributed by atoms with Gasteiger partial charge in [0.05, 0.1) is 17.4 Å². The van der Waals surface area contributed by atoms with Gasteiger partial charge in [-0.05, 0) is 18.9 Å². The van der Waals surface area contributed by atoms with Crippen LogP contribution in [-0.2, 0) is 9.53 Å². The number of benzene rings is 1. The van der Waals surface area contributed by atoms with Crippen LogP contribution >= 0.6 is 0 Å². The highest BCUT2D eigenvalue weighted by Crippen LogP contribution is 2.32. The van der Waals surface area contributed by atoms with Crippen molar-refractivity contribution in [1.82, 2.24) is 0 Å². The van der Waals surface area contributed by atoms with Crippen LogP contribution in [-0.4, -0.2) is 17.5 Å². The van der Waals surface area contributed by atoms with Gasteiger partial charge in [-0.2, -0.15) is 0 Å². The van der Waals surface area contributed by atoms with Crippen LogP contribution in [0.2, 0.25) is 0 Å². The Morgan fingerprint density at radius 1 is 1.50 bits per heavy atom. The lowest BCUT2D eigenvalue weighted by Gasteiger charge is -2.15. The lowest BCUT2D eigenvalue weighted by Crippen LogP contribution is -2.17. The van der Waals surface area contributed by atoms with Crippen molar-refractivity contribution >= 4 is 17.3 Å². The maximum absolute atomic E-state index is 11.8. The Bertz CT molecular complexity index is 459. The zero-order valence-corrected chi connectivity index (χ0v) is 10.4. The van der Waals surface area contributed by atoms with Crippen LogP contribution in [0.1, 0.15) is 31.7 Å². The summed E-state index contributed by atoms with van der Waals surface area (Å²) in [5.41, 5.74) is 6.04. The Hall–Kier alpha value is -2.11. The van der Waals surface area contributed by atoms with Crippen LogP contribution < -0.4 is 5.73 Å². The smallest absolute Gasteiger partial charge is 0.313 e. The summed E-state index contributed by atoms with van der Waals surface area (Å²) in [5, 5.41) is 10.8. The topological polar surface area (TPSA) is 95.5 Å². The van der Waals surface area contributed by atoms with Gasteiger partial charge in [0.2, 0.25) is 0 Å². The molecule has 0 spiro atoms. The summed E-state index contributed by atoms with van der Waals surface area (Å²) < 4.78 is 4.94. The second-order valence-electron chi connectivity index (χ2n) is 3.75. The first-order chi connectivity index (χ1) is 8.52. The van der Waals surface area contributed by atoms with Crippen molar-refractivity contribution in [3.63, 3.8) is 0 Å². The molecule has 18 heavy (non-hydrogen) atoms. The summed E-state index contributed by atoms with van der Waals surface area (Å²) in [5.74, 6) is -0.975. The van der Waals surface area contributed by atoms with Crippen molar-refractivity contribution in [3.05, 3.63) is 33.9 Å². The fourth-order valence-electron chi connectivity index (χ4n) is 1.79. The fourth-order valence-corrected chi connectivity index (χ4v) is 1.79. The van der Waals surface area contributed by atoms with E-state index in [1.807, 2.05) is 0 Å². The van der Waals surface area contributed by atoms with E-state index < -0.39 is 16.8 Å². The molecule has 1 atom stereocenters. The summed E-state index contributed by atoms with van der Waals surface area (Å²) in [6, 6.07) is 4.45. The predicted octanol–water partition coefficient (Wildman–Crippen LogP) is 2.23. The number of carbonyl (C=O) groups is 1. The van der Waals surface area contributed by atoms with Crippen LogP contribution in [0.15, 0.2) is 18.2 Å². The van der Waals surface area contributed by atoms with Crippen molar-refractivity contribution in [2.75, 3.05) is 12.3 Å². The van der Waals surface area contributed by atoms with E-state index in [0.717, 1.165) is 0 Å². The quantitative estimate of drug-likeness (QED) is 0.375. The van der Waals surface area contributed by atoms with Gasteiger partial charge < -0.3 is 10.5 Å². The Kier molecular flexibility index (Phi) is 4.65. The molecule has 6 nitrogen and oxygen atoms in total. The van der Waals surface area contributed by atoms with Gasteiger partial charge in [0, 0.05) is 6.07 Å². The summed E-state index contributed by atoms with van der Waals surface area (Å²) in [7, 11) is 0. The number of nitro groups is 1. The predicted molar refractivity (Wildman–Crippen MR) is 67.2 cm³/mol. The number of hydrogen-bond acceptors (Lipinski definition) is 5. The lowest BCUT2D eigenvalue weighted by atomic mass is 9.94. The maximum Gasteiger partial charge on any atom is 0.313 e. The molecule has 2 N–H and O–H groups in total. The SMILES string of the molecule is CCOC(=O)C(CC)c1cccc([N+](=O)[O-])c1N. The van der Waals surface area contributed by atoms with Crippen molar-refractivity contribution < 1.29 is 14.5 Å². The Labute approximate surface area is 105 Å². The highest BCUT2D eigenvalue weighted by molar-refractivity contribution is 5.82. The molecule has 0 bridgehead atoms. The molecule has 1 aromatic rings. The van der Waals surface area contributed by atoms with E-state index in [9.17, 15) is 14.9 Å². The van der Waals surface area contributed by atoms with Crippen LogP contribution in [0.25, 0.3) is 0 Å². The molecular weight excluding hydrogens is 236 g/mol. The van der Waals surface area contributed by atoms with Gasteiger partial charge in [-0.15, -0.1) is 0 Å². The number of hydrogen-bond donors (Lipinski definition) is 1. The summed E-state index contributed by atoms with van der Waals surface area (Å²) in [6.45, 7) is 3.78.